The van der Waals surface area contributed by atoms with Gasteiger partial charge < -0.3 is 21.7 Å². The Morgan fingerprint density at radius 1 is 1.32 bits per heavy atom. The molecule has 22 heavy (non-hydrogen) atoms. The summed E-state index contributed by atoms with van der Waals surface area (Å²) in [6, 6.07) is 7.33. The lowest BCUT2D eigenvalue weighted by atomic mass is 10.0. The van der Waals surface area contributed by atoms with Gasteiger partial charge in [-0.1, -0.05) is 23.5 Å². The van der Waals surface area contributed by atoms with E-state index in [0.717, 1.165) is 18.0 Å². The van der Waals surface area contributed by atoms with Crippen LogP contribution in [0.2, 0.25) is 0 Å². The first-order valence-corrected chi connectivity index (χ1v) is 7.98. The smallest absolute Gasteiger partial charge is 0.332 e. The maximum absolute atomic E-state index is 12.6. The van der Waals surface area contributed by atoms with Crippen molar-refractivity contribution in [1.29, 1.82) is 0 Å². The van der Waals surface area contributed by atoms with Crippen LogP contribution in [0.3, 0.4) is 0 Å². The van der Waals surface area contributed by atoms with Crippen LogP contribution in [0.25, 0.3) is 0 Å². The Kier molecular flexibility index (Phi) is 5.58. The highest BCUT2D eigenvalue weighted by Gasteiger charge is 2.26. The molecule has 1 aliphatic carbocycles. The molecule has 0 fully saturated rings. The number of fused-ring (bicyclic) bond motifs is 1. The first kappa shape index (κ1) is 17.0. The number of methoxy groups -OCH3 is 1. The zero-order chi connectivity index (χ0) is 14.8. The van der Waals surface area contributed by atoms with E-state index in [9.17, 15) is 4.79 Å². The third-order valence-electron chi connectivity index (χ3n) is 3.92. The second-order valence-electron chi connectivity index (χ2n) is 5.23. The fourth-order valence-electron chi connectivity index (χ4n) is 2.85. The maximum atomic E-state index is 12.6. The molecule has 0 unspecified atom stereocenters. The van der Waals surface area contributed by atoms with Crippen LogP contribution in [0.15, 0.2) is 24.3 Å². The summed E-state index contributed by atoms with van der Waals surface area (Å²) in [5, 5.41) is 0.727. The van der Waals surface area contributed by atoms with E-state index in [1.807, 2.05) is 22.8 Å². The Morgan fingerprint density at radius 2 is 2.05 bits per heavy atom. The summed E-state index contributed by atoms with van der Waals surface area (Å²) in [5.41, 5.74) is 7.97. The maximum Gasteiger partial charge on any atom is 0.332 e. The molecule has 3 rings (SSSR count). The number of aryl methyl sites for hydroxylation is 1. The number of carbonyl (C=O) groups excluding carboxylic acids is 1. The Hall–Kier alpha value is -1.40. The van der Waals surface area contributed by atoms with Crippen molar-refractivity contribution in [3.8, 4) is 5.75 Å². The van der Waals surface area contributed by atoms with Gasteiger partial charge in [0.05, 0.1) is 17.6 Å². The van der Waals surface area contributed by atoms with Crippen molar-refractivity contribution in [3.05, 3.63) is 40.4 Å². The van der Waals surface area contributed by atoms with Gasteiger partial charge in [-0.25, -0.2) is 4.57 Å². The van der Waals surface area contributed by atoms with E-state index in [-0.39, 0.29) is 29.3 Å². The van der Waals surface area contributed by atoms with Crippen LogP contribution >= 0.6 is 11.3 Å². The van der Waals surface area contributed by atoms with E-state index in [1.54, 1.807) is 24.5 Å². The first-order chi connectivity index (χ1) is 10.2. The number of benzene rings is 1. The van der Waals surface area contributed by atoms with Crippen LogP contribution in [-0.2, 0) is 19.4 Å². The number of hydrogen-bond acceptors (Lipinski definition) is 4. The fourth-order valence-corrected chi connectivity index (χ4v) is 3.96. The van der Waals surface area contributed by atoms with E-state index in [1.165, 1.54) is 23.4 Å². The van der Waals surface area contributed by atoms with Crippen molar-refractivity contribution < 1.29 is 31.1 Å². The molecule has 0 atom stereocenters. The highest BCUT2D eigenvalue weighted by Crippen LogP contribution is 2.27. The van der Waals surface area contributed by atoms with Crippen LogP contribution < -0.4 is 32.0 Å². The van der Waals surface area contributed by atoms with Gasteiger partial charge in [-0.2, -0.15) is 0 Å². The number of ketones is 1. The number of hydrogen-bond donors (Lipinski definition) is 1. The van der Waals surface area contributed by atoms with E-state index in [0.29, 0.717) is 11.3 Å². The Morgan fingerprint density at radius 3 is 2.82 bits per heavy atom. The third kappa shape index (κ3) is 3.17. The second kappa shape index (κ2) is 7.24. The Labute approximate surface area is 144 Å². The van der Waals surface area contributed by atoms with Crippen molar-refractivity contribution in [2.75, 3.05) is 12.8 Å². The summed E-state index contributed by atoms with van der Waals surface area (Å²) in [4.78, 5) is 13.9. The minimum Gasteiger partial charge on any atom is -1.00 e. The fraction of sp³-hybridized carbons (Fsp3) is 0.375. The van der Waals surface area contributed by atoms with Gasteiger partial charge in [-0.3, -0.25) is 10.5 Å². The van der Waals surface area contributed by atoms with Gasteiger partial charge in [0.1, 0.15) is 11.4 Å². The average molecular weight is 383 g/mol. The number of thiazole rings is 1. The molecule has 0 amide bonds. The summed E-state index contributed by atoms with van der Waals surface area (Å²) >= 11 is 1.62. The molecule has 0 spiro atoms. The predicted molar refractivity (Wildman–Crippen MR) is 82.9 cm³/mol. The third-order valence-corrected chi connectivity index (χ3v) is 5.03. The number of aromatic nitrogens is 1. The van der Waals surface area contributed by atoms with Crippen molar-refractivity contribution in [1.82, 2.24) is 0 Å². The molecule has 0 saturated carbocycles. The number of carbonyl (C=O) groups is 1. The molecule has 118 valence electrons. The summed E-state index contributed by atoms with van der Waals surface area (Å²) < 4.78 is 7.25. The molecule has 1 heterocycles. The van der Waals surface area contributed by atoms with Gasteiger partial charge in [0.15, 0.2) is 6.54 Å². The van der Waals surface area contributed by atoms with Crippen LogP contribution in [-0.4, -0.2) is 12.9 Å². The largest absolute Gasteiger partial charge is 1.00 e. The molecule has 0 radical (unpaired) electrons. The summed E-state index contributed by atoms with van der Waals surface area (Å²) in [5.74, 6) is 0.654. The number of ether oxygens (including phenoxy) is 1. The molecule has 1 aliphatic rings. The van der Waals surface area contributed by atoms with Crippen molar-refractivity contribution in [2.45, 2.75) is 32.2 Å². The number of halogens is 1. The monoisotopic (exact) mass is 382 g/mol. The Bertz CT molecular complexity index is 685. The number of rotatable bonds is 4. The van der Waals surface area contributed by atoms with Crippen LogP contribution in [0.5, 0.6) is 5.75 Å². The summed E-state index contributed by atoms with van der Waals surface area (Å²) in [7, 11) is 1.58. The normalized spacial score (nSPS) is 13.1. The minimum atomic E-state index is 0. The van der Waals surface area contributed by atoms with Crippen LogP contribution in [0.4, 0.5) is 5.13 Å². The number of nitrogens with zero attached hydrogens (tertiary/aromatic N) is 1. The SMILES string of the molecule is COc1ccccc1C(=O)C[n+]1c(N)sc2c1CCCC2.[Br-]. The van der Waals surface area contributed by atoms with E-state index in [2.05, 4.69) is 0 Å². The molecular formula is C16H19BrN2O2S. The quantitative estimate of drug-likeness (QED) is 0.567. The topological polar surface area (TPSA) is 56.2 Å². The number of anilines is 1. The van der Waals surface area contributed by atoms with Crippen LogP contribution in [0, 0.1) is 0 Å². The van der Waals surface area contributed by atoms with E-state index >= 15 is 0 Å². The Balaban J connectivity index is 0.00000176. The lowest BCUT2D eigenvalue weighted by Gasteiger charge is -2.11. The number of nitrogens with two attached hydrogens (primary N) is 1. The lowest BCUT2D eigenvalue weighted by Crippen LogP contribution is -3.00. The molecule has 2 aromatic rings. The molecule has 4 nitrogen and oxygen atoms in total. The second-order valence-corrected chi connectivity index (χ2v) is 6.34. The predicted octanol–water partition coefficient (Wildman–Crippen LogP) is -0.608. The summed E-state index contributed by atoms with van der Waals surface area (Å²) in [6.07, 6.45) is 4.49. The molecule has 0 bridgehead atoms. The molecule has 0 saturated heterocycles. The average Bonchev–Trinajstić information content (AvgIpc) is 2.83. The zero-order valence-corrected chi connectivity index (χ0v) is 14.9. The van der Waals surface area contributed by atoms with Gasteiger partial charge in [0, 0.05) is 6.42 Å². The van der Waals surface area contributed by atoms with E-state index < -0.39 is 0 Å². The van der Waals surface area contributed by atoms with Crippen molar-refractivity contribution in [2.24, 2.45) is 0 Å². The molecule has 1 aromatic heterocycles. The molecule has 2 N–H and O–H groups in total. The highest BCUT2D eigenvalue weighted by molar-refractivity contribution is 7.15. The number of Topliss-reactive ketones (excluding diaryl/α,β-unsaturated/α-hetero) is 1. The number of nitrogen functional groups attached to an aromatic ring is 1. The van der Waals surface area contributed by atoms with Gasteiger partial charge in [0.25, 0.3) is 0 Å². The molecular weight excluding hydrogens is 364 g/mol. The molecule has 0 aliphatic heterocycles. The van der Waals surface area contributed by atoms with E-state index in [4.69, 9.17) is 10.5 Å². The number of para-hydroxylation sites is 1. The molecule has 1 aromatic carbocycles. The van der Waals surface area contributed by atoms with Crippen molar-refractivity contribution in [3.63, 3.8) is 0 Å². The molecule has 6 heteroatoms. The first-order valence-electron chi connectivity index (χ1n) is 7.16. The van der Waals surface area contributed by atoms with Gasteiger partial charge in [-0.05, 0) is 31.4 Å². The minimum absolute atomic E-state index is 0. The highest BCUT2D eigenvalue weighted by atomic mass is 79.9. The van der Waals surface area contributed by atoms with Crippen molar-refractivity contribution >= 4 is 22.3 Å². The van der Waals surface area contributed by atoms with Crippen LogP contribution in [0.1, 0.15) is 33.8 Å². The summed E-state index contributed by atoms with van der Waals surface area (Å²) in [6.45, 7) is 0.290. The van der Waals surface area contributed by atoms with Gasteiger partial charge in [0.2, 0.25) is 5.78 Å². The van der Waals surface area contributed by atoms with Gasteiger partial charge >= 0.3 is 5.13 Å². The van der Waals surface area contributed by atoms with Gasteiger partial charge in [-0.15, -0.1) is 0 Å². The lowest BCUT2D eigenvalue weighted by molar-refractivity contribution is -0.672. The standard InChI is InChI=1S/C16H18N2O2S.BrH/c1-20-14-8-4-2-6-11(14)13(19)10-18-12-7-3-5-9-15(12)21-16(18)17;/h2,4,6,8,17H,3,5,7,9-10H2,1H3;1H. The zero-order valence-electron chi connectivity index (χ0n) is 12.5.